The summed E-state index contributed by atoms with van der Waals surface area (Å²) in [5.74, 6) is 3.69. The van der Waals surface area contributed by atoms with Gasteiger partial charge in [-0.2, -0.15) is 16.9 Å². The van der Waals surface area contributed by atoms with Crippen LogP contribution in [0.15, 0.2) is 42.5 Å². The molecule has 0 radical (unpaired) electrons. The monoisotopic (exact) mass is 419 g/mol. The van der Waals surface area contributed by atoms with Crippen LogP contribution in [-0.4, -0.2) is 22.5 Å². The number of amides is 1. The molecule has 1 N–H and O–H groups in total. The maximum absolute atomic E-state index is 12.7. The van der Waals surface area contributed by atoms with Gasteiger partial charge in [-0.05, 0) is 49.2 Å². The maximum atomic E-state index is 12.7. The van der Waals surface area contributed by atoms with Crippen LogP contribution in [0.1, 0.15) is 27.9 Å². The van der Waals surface area contributed by atoms with Crippen molar-refractivity contribution in [1.29, 1.82) is 0 Å². The molecule has 0 spiro atoms. The number of carbonyl (C=O) groups is 1. The molecule has 6 nitrogen and oxygen atoms in total. The maximum Gasteiger partial charge on any atom is 0.249 e. The number of anilines is 1. The molecule has 0 unspecified atom stereocenters. The largest absolute Gasteiger partial charge is 0.454 e. The number of rotatable bonds is 4. The second-order valence-corrected chi connectivity index (χ2v) is 8.39. The average Bonchev–Trinajstić information content (AvgIpc) is 3.43. The Bertz CT molecular complexity index is 1180. The molecule has 7 heteroatoms. The summed E-state index contributed by atoms with van der Waals surface area (Å²) < 4.78 is 12.6. The van der Waals surface area contributed by atoms with Gasteiger partial charge in [-0.15, -0.1) is 0 Å². The number of nitrogens with zero attached hydrogens (tertiary/aromatic N) is 2. The van der Waals surface area contributed by atoms with Gasteiger partial charge < -0.3 is 14.8 Å². The van der Waals surface area contributed by atoms with Gasteiger partial charge >= 0.3 is 0 Å². The summed E-state index contributed by atoms with van der Waals surface area (Å²) in [4.78, 5) is 12.7. The number of thioether (sulfide) groups is 1. The Balaban J connectivity index is 1.42. The highest BCUT2D eigenvalue weighted by atomic mass is 32.2. The molecule has 1 amide bonds. The minimum absolute atomic E-state index is 0.196. The van der Waals surface area contributed by atoms with Crippen LogP contribution in [0.3, 0.4) is 0 Å². The van der Waals surface area contributed by atoms with E-state index in [-0.39, 0.29) is 12.7 Å². The molecule has 0 saturated heterocycles. The second-order valence-electron chi connectivity index (χ2n) is 7.40. The Morgan fingerprint density at radius 1 is 1.13 bits per heavy atom. The molecule has 0 fully saturated rings. The number of nitrogens with one attached hydrogen (secondary N) is 1. The normalized spacial score (nSPS) is 14.3. The number of carbonyl (C=O) groups excluding carboxylic acids is 1. The third-order valence-electron chi connectivity index (χ3n) is 5.20. The van der Waals surface area contributed by atoms with Crippen molar-refractivity contribution in [3.05, 3.63) is 70.4 Å². The van der Waals surface area contributed by atoms with Crippen LogP contribution in [0.5, 0.6) is 11.5 Å². The number of fused-ring (bicyclic) bond motifs is 2. The van der Waals surface area contributed by atoms with Crippen molar-refractivity contribution < 1.29 is 14.3 Å². The summed E-state index contributed by atoms with van der Waals surface area (Å²) in [7, 11) is 0. The molecule has 30 heavy (non-hydrogen) atoms. The Kier molecular flexibility index (Phi) is 4.75. The molecule has 152 valence electrons. The highest BCUT2D eigenvalue weighted by molar-refractivity contribution is 7.98. The first-order valence-electron chi connectivity index (χ1n) is 9.73. The van der Waals surface area contributed by atoms with E-state index in [0.717, 1.165) is 51.1 Å². The number of ether oxygens (including phenoxy) is 2. The zero-order chi connectivity index (χ0) is 20.7. The van der Waals surface area contributed by atoms with Crippen molar-refractivity contribution in [3.8, 4) is 17.2 Å². The van der Waals surface area contributed by atoms with E-state index in [1.165, 1.54) is 11.6 Å². The number of benzene rings is 2. The summed E-state index contributed by atoms with van der Waals surface area (Å²) in [6.45, 7) is 4.36. The molecule has 2 aliphatic heterocycles. The van der Waals surface area contributed by atoms with Crippen LogP contribution in [0.2, 0.25) is 0 Å². The summed E-state index contributed by atoms with van der Waals surface area (Å²) in [5.41, 5.74) is 6.31. The van der Waals surface area contributed by atoms with Crippen molar-refractivity contribution in [2.45, 2.75) is 25.4 Å². The van der Waals surface area contributed by atoms with E-state index < -0.39 is 0 Å². The van der Waals surface area contributed by atoms with Gasteiger partial charge in [0.25, 0.3) is 0 Å². The fourth-order valence-electron chi connectivity index (χ4n) is 3.71. The van der Waals surface area contributed by atoms with E-state index in [1.54, 1.807) is 6.08 Å². The van der Waals surface area contributed by atoms with Crippen LogP contribution < -0.4 is 14.8 Å². The molecule has 0 bridgehead atoms. The van der Waals surface area contributed by atoms with Crippen LogP contribution in [0, 0.1) is 13.8 Å². The van der Waals surface area contributed by atoms with Crippen molar-refractivity contribution in [2.24, 2.45) is 0 Å². The van der Waals surface area contributed by atoms with E-state index >= 15 is 0 Å². The minimum Gasteiger partial charge on any atom is -0.454 e. The van der Waals surface area contributed by atoms with Gasteiger partial charge in [-0.3, -0.25) is 4.79 Å². The number of aromatic nitrogens is 2. The minimum atomic E-state index is -0.196. The smallest absolute Gasteiger partial charge is 0.249 e. The first-order chi connectivity index (χ1) is 14.6. The summed E-state index contributed by atoms with van der Waals surface area (Å²) in [5, 5.41) is 7.85. The Morgan fingerprint density at radius 3 is 2.87 bits per heavy atom. The van der Waals surface area contributed by atoms with Gasteiger partial charge in [0, 0.05) is 23.1 Å². The topological polar surface area (TPSA) is 65.4 Å². The van der Waals surface area contributed by atoms with E-state index in [1.807, 2.05) is 34.6 Å². The van der Waals surface area contributed by atoms with Crippen LogP contribution in [0.25, 0.3) is 11.8 Å². The highest BCUT2D eigenvalue weighted by Gasteiger charge is 2.25. The zero-order valence-electron chi connectivity index (χ0n) is 16.8. The van der Waals surface area contributed by atoms with Crippen molar-refractivity contribution in [2.75, 3.05) is 12.1 Å². The first-order valence-corrected chi connectivity index (χ1v) is 10.9. The second kappa shape index (κ2) is 7.57. The summed E-state index contributed by atoms with van der Waals surface area (Å²) >= 11 is 1.81. The van der Waals surface area contributed by atoms with E-state index in [9.17, 15) is 4.79 Å². The lowest BCUT2D eigenvalue weighted by Crippen LogP contribution is -2.14. The third-order valence-corrected chi connectivity index (χ3v) is 6.17. The molecule has 2 aromatic carbocycles. The standard InChI is InChI=1S/C23H21N3O3S/c1-14-3-6-19(15(2)9-14)26-23(17-11-30-12-18(17)25-26)24-22(27)8-5-16-4-7-20-21(10-16)29-13-28-20/h3-10H,11-13H2,1-2H3,(H,24,27)/b8-5+. The highest BCUT2D eigenvalue weighted by Crippen LogP contribution is 2.37. The predicted molar refractivity (Wildman–Crippen MR) is 118 cm³/mol. The molecular formula is C23H21N3O3S. The van der Waals surface area contributed by atoms with Crippen molar-refractivity contribution in [3.63, 3.8) is 0 Å². The van der Waals surface area contributed by atoms with E-state index in [0.29, 0.717) is 5.75 Å². The average molecular weight is 420 g/mol. The van der Waals surface area contributed by atoms with E-state index in [2.05, 4.69) is 37.4 Å². The molecule has 5 rings (SSSR count). The van der Waals surface area contributed by atoms with Crippen molar-refractivity contribution >= 4 is 29.6 Å². The van der Waals surface area contributed by atoms with Gasteiger partial charge in [0.05, 0.1) is 11.4 Å². The lowest BCUT2D eigenvalue weighted by Gasteiger charge is -2.12. The van der Waals surface area contributed by atoms with Crippen LogP contribution in [-0.2, 0) is 16.3 Å². The Morgan fingerprint density at radius 2 is 2.00 bits per heavy atom. The number of hydrogen-bond donors (Lipinski definition) is 1. The molecule has 2 aliphatic rings. The van der Waals surface area contributed by atoms with E-state index in [4.69, 9.17) is 14.6 Å². The lowest BCUT2D eigenvalue weighted by atomic mass is 10.1. The fraction of sp³-hybridized carbons (Fsp3) is 0.217. The third kappa shape index (κ3) is 3.45. The summed E-state index contributed by atoms with van der Waals surface area (Å²) in [6, 6.07) is 11.8. The molecular weight excluding hydrogens is 398 g/mol. The molecule has 3 heterocycles. The van der Waals surface area contributed by atoms with Crippen molar-refractivity contribution in [1.82, 2.24) is 9.78 Å². The van der Waals surface area contributed by atoms with Gasteiger partial charge in [-0.1, -0.05) is 23.8 Å². The Hall–Kier alpha value is -3.19. The zero-order valence-corrected chi connectivity index (χ0v) is 17.6. The van der Waals surface area contributed by atoms with Gasteiger partial charge in [0.1, 0.15) is 5.82 Å². The lowest BCUT2D eigenvalue weighted by molar-refractivity contribution is -0.111. The first kappa shape index (κ1) is 18.8. The van der Waals surface area contributed by atoms with Gasteiger partial charge in [-0.25, -0.2) is 4.68 Å². The number of hydrogen-bond acceptors (Lipinski definition) is 5. The number of aryl methyl sites for hydroxylation is 2. The molecule has 1 aromatic heterocycles. The van der Waals surface area contributed by atoms with Crippen LogP contribution >= 0.6 is 11.8 Å². The molecule has 3 aromatic rings. The summed E-state index contributed by atoms with van der Waals surface area (Å²) in [6.07, 6.45) is 3.30. The SMILES string of the molecule is Cc1ccc(-n2nc3c(c2NC(=O)/C=C/c2ccc4c(c2)OCO4)CSC3)c(C)c1. The Labute approximate surface area is 178 Å². The quantitative estimate of drug-likeness (QED) is 0.626. The van der Waals surface area contributed by atoms with Gasteiger partial charge in [0.15, 0.2) is 11.5 Å². The van der Waals surface area contributed by atoms with Gasteiger partial charge in [0.2, 0.25) is 12.7 Å². The molecule has 0 atom stereocenters. The molecule has 0 aliphatic carbocycles. The predicted octanol–water partition coefficient (Wildman–Crippen LogP) is 4.62. The van der Waals surface area contributed by atoms with Crippen LogP contribution in [0.4, 0.5) is 5.82 Å². The fourth-order valence-corrected chi connectivity index (χ4v) is 4.74. The molecule has 0 saturated carbocycles.